The molecule has 0 atom stereocenters. The minimum absolute atomic E-state index is 1.26. The third-order valence-electron chi connectivity index (χ3n) is 4.59. The minimum atomic E-state index is 1.26. The van der Waals surface area contributed by atoms with E-state index in [1.54, 1.807) is 0 Å². The Balaban J connectivity index is 2.88. The van der Waals surface area contributed by atoms with Gasteiger partial charge in [-0.1, -0.05) is 48.6 Å². The fourth-order valence-electron chi connectivity index (χ4n) is 3.20. The lowest BCUT2D eigenvalue weighted by Crippen LogP contribution is -1.93. The lowest BCUT2D eigenvalue weighted by atomic mass is 9.89. The summed E-state index contributed by atoms with van der Waals surface area (Å²) in [4.78, 5) is 0. The molecule has 0 N–H and O–H groups in total. The summed E-state index contributed by atoms with van der Waals surface area (Å²) >= 11 is 0. The largest absolute Gasteiger partial charge is 0.0874 e. The third-order valence-corrected chi connectivity index (χ3v) is 4.59. The van der Waals surface area contributed by atoms with E-state index in [4.69, 9.17) is 0 Å². The molecule has 0 fully saturated rings. The molecule has 124 valence electrons. The third kappa shape index (κ3) is 3.59. The molecule has 2 aromatic rings. The second kappa shape index (κ2) is 7.97. The Labute approximate surface area is 146 Å². The molecule has 0 aliphatic rings. The zero-order chi connectivity index (χ0) is 17.7. The average molecular weight is 316 g/mol. The van der Waals surface area contributed by atoms with Crippen LogP contribution < -0.4 is 0 Å². The first-order chi connectivity index (χ1) is 11.5. The van der Waals surface area contributed by atoms with Crippen LogP contribution in [0.2, 0.25) is 0 Å². The number of hydrogen-bond donors (Lipinski definition) is 0. The number of rotatable bonds is 4. The molecule has 0 unspecified atom stereocenters. The van der Waals surface area contributed by atoms with Gasteiger partial charge in [0.05, 0.1) is 0 Å². The highest BCUT2D eigenvalue weighted by Gasteiger charge is 2.10. The summed E-state index contributed by atoms with van der Waals surface area (Å²) in [5.41, 5.74) is 7.85. The Morgan fingerprint density at radius 2 is 1.62 bits per heavy atom. The van der Waals surface area contributed by atoms with Gasteiger partial charge in [0.15, 0.2) is 0 Å². The van der Waals surface area contributed by atoms with Crippen LogP contribution in [-0.2, 0) is 0 Å². The molecule has 0 nitrogen and oxygen atoms in total. The second-order valence-corrected chi connectivity index (χ2v) is 6.25. The standard InChI is InChI=1S/C24H28/c1-7-11-17(4)19(6)23-16-22(20(9-3)12-8-2)15-21-14-10-13-18(5)24(21)23/h7-16H,1-6H3/b11-7-,12-8-,19-17+,20-9+. The molecule has 2 rings (SSSR count). The Hall–Kier alpha value is -2.34. The van der Waals surface area contributed by atoms with E-state index in [1.165, 1.54) is 44.2 Å². The van der Waals surface area contributed by atoms with Crippen LogP contribution in [0.1, 0.15) is 51.3 Å². The maximum atomic E-state index is 2.34. The van der Waals surface area contributed by atoms with Gasteiger partial charge in [-0.2, -0.15) is 0 Å². The highest BCUT2D eigenvalue weighted by molar-refractivity contribution is 5.99. The molecule has 0 aliphatic heterocycles. The normalized spacial score (nSPS) is 14.0. The zero-order valence-corrected chi connectivity index (χ0v) is 15.8. The van der Waals surface area contributed by atoms with Crippen molar-refractivity contribution in [3.05, 3.63) is 83.0 Å². The van der Waals surface area contributed by atoms with Crippen LogP contribution in [0.25, 0.3) is 21.9 Å². The van der Waals surface area contributed by atoms with E-state index in [-0.39, 0.29) is 0 Å². The van der Waals surface area contributed by atoms with Gasteiger partial charge in [-0.3, -0.25) is 0 Å². The van der Waals surface area contributed by atoms with Crippen LogP contribution in [0, 0.1) is 6.92 Å². The first-order valence-corrected chi connectivity index (χ1v) is 8.66. The molecule has 0 spiro atoms. The number of allylic oxidation sites excluding steroid dienone is 8. The molecular weight excluding hydrogens is 288 g/mol. The van der Waals surface area contributed by atoms with Crippen LogP contribution in [0.15, 0.2) is 66.3 Å². The number of hydrogen-bond acceptors (Lipinski definition) is 0. The minimum Gasteiger partial charge on any atom is -0.0874 e. The van der Waals surface area contributed by atoms with Crippen molar-refractivity contribution >= 4 is 21.9 Å². The summed E-state index contributed by atoms with van der Waals surface area (Å²) in [5, 5.41) is 2.66. The summed E-state index contributed by atoms with van der Waals surface area (Å²) in [6, 6.07) is 11.2. The van der Waals surface area contributed by atoms with Gasteiger partial charge in [-0.05, 0) is 97.9 Å². The Bertz CT molecular complexity index is 855. The predicted octanol–water partition coefficient (Wildman–Crippen LogP) is 7.50. The van der Waals surface area contributed by atoms with Crippen molar-refractivity contribution in [2.75, 3.05) is 0 Å². The van der Waals surface area contributed by atoms with Crippen molar-refractivity contribution < 1.29 is 0 Å². The summed E-state index contributed by atoms with van der Waals surface area (Å²) in [5.74, 6) is 0. The Morgan fingerprint density at radius 3 is 2.25 bits per heavy atom. The van der Waals surface area contributed by atoms with E-state index in [0.29, 0.717) is 0 Å². The SMILES string of the molecule is C/C=C\C(=C/C)c1cc(/C(C)=C(C)/C=C\C)c2c(C)cccc2c1. The molecule has 0 radical (unpaired) electrons. The summed E-state index contributed by atoms with van der Waals surface area (Å²) in [6.07, 6.45) is 10.8. The fraction of sp³-hybridized carbons (Fsp3) is 0.250. The highest BCUT2D eigenvalue weighted by Crippen LogP contribution is 2.33. The molecule has 0 aromatic heterocycles. The van der Waals surface area contributed by atoms with Gasteiger partial charge in [0.25, 0.3) is 0 Å². The quantitative estimate of drug-likeness (QED) is 0.512. The van der Waals surface area contributed by atoms with Crippen molar-refractivity contribution in [1.82, 2.24) is 0 Å². The fourth-order valence-corrected chi connectivity index (χ4v) is 3.20. The van der Waals surface area contributed by atoms with Crippen LogP contribution >= 0.6 is 0 Å². The van der Waals surface area contributed by atoms with E-state index in [9.17, 15) is 0 Å². The van der Waals surface area contributed by atoms with Crippen LogP contribution in [0.4, 0.5) is 0 Å². The van der Waals surface area contributed by atoms with E-state index >= 15 is 0 Å². The lowest BCUT2D eigenvalue weighted by molar-refractivity contribution is 1.44. The summed E-state index contributed by atoms with van der Waals surface area (Å²) < 4.78 is 0. The van der Waals surface area contributed by atoms with E-state index in [1.807, 2.05) is 0 Å². The summed E-state index contributed by atoms with van der Waals surface area (Å²) in [6.45, 7) is 12.9. The zero-order valence-electron chi connectivity index (χ0n) is 15.8. The highest BCUT2D eigenvalue weighted by atomic mass is 14.1. The molecule has 0 aliphatic carbocycles. The van der Waals surface area contributed by atoms with Gasteiger partial charge in [0.2, 0.25) is 0 Å². The first-order valence-electron chi connectivity index (χ1n) is 8.66. The van der Waals surface area contributed by atoms with Gasteiger partial charge in [0, 0.05) is 0 Å². The van der Waals surface area contributed by atoms with Crippen LogP contribution in [-0.4, -0.2) is 0 Å². The molecule has 0 amide bonds. The van der Waals surface area contributed by atoms with Crippen LogP contribution in [0.3, 0.4) is 0 Å². The number of aryl methyl sites for hydroxylation is 1. The van der Waals surface area contributed by atoms with Crippen molar-refractivity contribution in [3.8, 4) is 0 Å². The average Bonchev–Trinajstić information content (AvgIpc) is 2.58. The molecular formula is C24H28. The molecule has 2 aromatic carbocycles. The number of benzene rings is 2. The Morgan fingerprint density at radius 1 is 0.917 bits per heavy atom. The maximum absolute atomic E-state index is 2.34. The molecule has 24 heavy (non-hydrogen) atoms. The second-order valence-electron chi connectivity index (χ2n) is 6.25. The predicted molar refractivity (Wildman–Crippen MR) is 110 cm³/mol. The van der Waals surface area contributed by atoms with Gasteiger partial charge in [-0.15, -0.1) is 0 Å². The van der Waals surface area contributed by atoms with Gasteiger partial charge < -0.3 is 0 Å². The Kier molecular flexibility index (Phi) is 5.98. The molecule has 0 saturated heterocycles. The lowest BCUT2D eigenvalue weighted by Gasteiger charge is -2.15. The van der Waals surface area contributed by atoms with Gasteiger partial charge in [0.1, 0.15) is 0 Å². The van der Waals surface area contributed by atoms with E-state index in [0.717, 1.165) is 0 Å². The molecule has 0 heterocycles. The summed E-state index contributed by atoms with van der Waals surface area (Å²) in [7, 11) is 0. The maximum Gasteiger partial charge on any atom is -0.00789 e. The molecule has 0 saturated carbocycles. The van der Waals surface area contributed by atoms with Gasteiger partial charge in [-0.25, -0.2) is 0 Å². The smallest absolute Gasteiger partial charge is 0.00789 e. The van der Waals surface area contributed by atoms with Crippen molar-refractivity contribution in [2.24, 2.45) is 0 Å². The van der Waals surface area contributed by atoms with Crippen LogP contribution in [0.5, 0.6) is 0 Å². The topological polar surface area (TPSA) is 0 Å². The van der Waals surface area contributed by atoms with Crippen molar-refractivity contribution in [3.63, 3.8) is 0 Å². The molecule has 0 bridgehead atoms. The van der Waals surface area contributed by atoms with E-state index in [2.05, 4.69) is 102 Å². The monoisotopic (exact) mass is 316 g/mol. The van der Waals surface area contributed by atoms with Crippen molar-refractivity contribution in [2.45, 2.75) is 41.5 Å². The van der Waals surface area contributed by atoms with Gasteiger partial charge >= 0.3 is 0 Å². The molecule has 0 heteroatoms. The number of fused-ring (bicyclic) bond motifs is 1. The van der Waals surface area contributed by atoms with E-state index < -0.39 is 0 Å². The first kappa shape index (κ1) is 18.0. The van der Waals surface area contributed by atoms with Crippen molar-refractivity contribution in [1.29, 1.82) is 0 Å².